The second-order valence-corrected chi connectivity index (χ2v) is 5.94. The number of hydrogen-bond donors (Lipinski definition) is 1. The van der Waals surface area contributed by atoms with Gasteiger partial charge in [-0.2, -0.15) is 0 Å². The van der Waals surface area contributed by atoms with E-state index in [1.807, 2.05) is 12.1 Å². The van der Waals surface area contributed by atoms with Crippen molar-refractivity contribution in [2.75, 3.05) is 18.0 Å². The van der Waals surface area contributed by atoms with Crippen molar-refractivity contribution in [1.82, 2.24) is 5.32 Å². The number of carbonyl (C=O) groups excluding carboxylic acids is 1. The molecule has 0 aliphatic carbocycles. The van der Waals surface area contributed by atoms with Crippen LogP contribution in [0.15, 0.2) is 48.5 Å². The van der Waals surface area contributed by atoms with Crippen LogP contribution >= 0.6 is 0 Å². The zero-order chi connectivity index (χ0) is 17.1. The van der Waals surface area contributed by atoms with E-state index in [4.69, 9.17) is 0 Å². The molecule has 0 aromatic heterocycles. The van der Waals surface area contributed by atoms with E-state index in [9.17, 15) is 14.9 Å². The summed E-state index contributed by atoms with van der Waals surface area (Å²) in [6.07, 6.45) is 1.01. The van der Waals surface area contributed by atoms with Crippen molar-refractivity contribution in [3.8, 4) is 0 Å². The van der Waals surface area contributed by atoms with Gasteiger partial charge in [0.25, 0.3) is 11.6 Å². The fraction of sp³-hybridized carbons (Fsp3) is 0.278. The molecule has 0 radical (unpaired) electrons. The van der Waals surface area contributed by atoms with Crippen LogP contribution in [0.4, 0.5) is 11.4 Å². The van der Waals surface area contributed by atoms with Crippen LogP contribution in [0.3, 0.4) is 0 Å². The van der Waals surface area contributed by atoms with Crippen LogP contribution < -0.4 is 10.2 Å². The highest BCUT2D eigenvalue weighted by molar-refractivity contribution is 5.94. The average molecular weight is 325 g/mol. The molecule has 2 aromatic carbocycles. The molecule has 0 saturated heterocycles. The third-order valence-corrected chi connectivity index (χ3v) is 4.33. The Kier molecular flexibility index (Phi) is 4.46. The Hall–Kier alpha value is -2.89. The van der Waals surface area contributed by atoms with E-state index < -0.39 is 4.92 Å². The van der Waals surface area contributed by atoms with Gasteiger partial charge in [0.15, 0.2) is 0 Å². The molecule has 24 heavy (non-hydrogen) atoms. The summed E-state index contributed by atoms with van der Waals surface area (Å²) in [6.45, 7) is 3.48. The third kappa shape index (κ3) is 3.22. The molecular formula is C18H19N3O3. The summed E-state index contributed by atoms with van der Waals surface area (Å²) in [6, 6.07) is 14.2. The summed E-state index contributed by atoms with van der Waals surface area (Å²) in [5.41, 5.74) is 2.77. The monoisotopic (exact) mass is 325 g/mol. The Balaban J connectivity index is 1.63. The Labute approximate surface area is 140 Å². The van der Waals surface area contributed by atoms with Gasteiger partial charge in [-0.1, -0.05) is 24.3 Å². The minimum atomic E-state index is -0.499. The van der Waals surface area contributed by atoms with Crippen molar-refractivity contribution >= 4 is 17.3 Å². The Morgan fingerprint density at radius 2 is 2.08 bits per heavy atom. The molecule has 0 spiro atoms. The normalized spacial score (nSPS) is 14.1. The standard InChI is InChI=1S/C18H19N3O3/c1-13(20-10-9-14-5-2-3-8-17(14)20)12-19-18(22)15-6-4-7-16(11-15)21(23)24/h2-8,11,13H,9-10,12H2,1H3,(H,19,22)/t13-/m1/s1. The lowest BCUT2D eigenvalue weighted by Crippen LogP contribution is -2.41. The number of anilines is 1. The minimum absolute atomic E-state index is 0.0795. The highest BCUT2D eigenvalue weighted by atomic mass is 16.6. The minimum Gasteiger partial charge on any atom is -0.366 e. The first-order valence-electron chi connectivity index (χ1n) is 7.93. The third-order valence-electron chi connectivity index (χ3n) is 4.33. The molecule has 0 unspecified atom stereocenters. The van der Waals surface area contributed by atoms with Gasteiger partial charge in [-0.3, -0.25) is 14.9 Å². The number of nitro benzene ring substituents is 1. The summed E-state index contributed by atoms with van der Waals surface area (Å²) < 4.78 is 0. The maximum atomic E-state index is 12.2. The molecule has 0 fully saturated rings. The molecule has 6 nitrogen and oxygen atoms in total. The predicted octanol–water partition coefficient (Wildman–Crippen LogP) is 2.78. The summed E-state index contributed by atoms with van der Waals surface area (Å²) >= 11 is 0. The summed E-state index contributed by atoms with van der Waals surface area (Å²) in [7, 11) is 0. The van der Waals surface area contributed by atoms with Crippen molar-refractivity contribution < 1.29 is 9.72 Å². The summed E-state index contributed by atoms with van der Waals surface area (Å²) in [4.78, 5) is 24.8. The smallest absolute Gasteiger partial charge is 0.270 e. The van der Waals surface area contributed by atoms with Gasteiger partial charge in [-0.15, -0.1) is 0 Å². The molecule has 1 atom stereocenters. The van der Waals surface area contributed by atoms with Crippen molar-refractivity contribution in [1.29, 1.82) is 0 Å². The van der Waals surface area contributed by atoms with Gasteiger partial charge in [-0.25, -0.2) is 0 Å². The van der Waals surface area contributed by atoms with Crippen LogP contribution in [0.2, 0.25) is 0 Å². The molecule has 6 heteroatoms. The lowest BCUT2D eigenvalue weighted by molar-refractivity contribution is -0.384. The number of fused-ring (bicyclic) bond motifs is 1. The van der Waals surface area contributed by atoms with Crippen LogP contribution in [0.25, 0.3) is 0 Å². The Morgan fingerprint density at radius 1 is 1.29 bits per heavy atom. The number of nitrogens with one attached hydrogen (secondary N) is 1. The number of carbonyl (C=O) groups is 1. The Bertz CT molecular complexity index is 776. The van der Waals surface area contributed by atoms with Crippen molar-refractivity contribution in [2.45, 2.75) is 19.4 Å². The van der Waals surface area contributed by atoms with Crippen molar-refractivity contribution in [3.63, 3.8) is 0 Å². The van der Waals surface area contributed by atoms with Gasteiger partial charge in [0.2, 0.25) is 0 Å². The van der Waals surface area contributed by atoms with Crippen LogP contribution in [0.5, 0.6) is 0 Å². The van der Waals surface area contributed by atoms with Crippen LogP contribution in [0.1, 0.15) is 22.8 Å². The summed E-state index contributed by atoms with van der Waals surface area (Å²) in [5, 5.41) is 13.7. The molecule has 1 N–H and O–H groups in total. The number of benzene rings is 2. The summed E-state index contributed by atoms with van der Waals surface area (Å²) in [5.74, 6) is -0.293. The number of nitro groups is 1. The van der Waals surface area contributed by atoms with Gasteiger partial charge >= 0.3 is 0 Å². The maximum Gasteiger partial charge on any atom is 0.270 e. The van der Waals surface area contributed by atoms with E-state index in [0.29, 0.717) is 12.1 Å². The fourth-order valence-electron chi connectivity index (χ4n) is 3.03. The van der Waals surface area contributed by atoms with Crippen LogP contribution in [-0.2, 0) is 6.42 Å². The average Bonchev–Trinajstić information content (AvgIpc) is 3.03. The zero-order valence-corrected chi connectivity index (χ0v) is 13.4. The van der Waals surface area contributed by atoms with E-state index in [1.165, 1.54) is 29.4 Å². The molecular weight excluding hydrogens is 306 g/mol. The van der Waals surface area contributed by atoms with Gasteiger partial charge in [0, 0.05) is 42.5 Å². The van der Waals surface area contributed by atoms with E-state index in [-0.39, 0.29) is 17.6 Å². The molecule has 0 saturated carbocycles. The van der Waals surface area contributed by atoms with Crippen LogP contribution in [0, 0.1) is 10.1 Å². The number of para-hydroxylation sites is 1. The lowest BCUT2D eigenvalue weighted by atomic mass is 10.1. The number of hydrogen-bond acceptors (Lipinski definition) is 4. The highest BCUT2D eigenvalue weighted by Crippen LogP contribution is 2.28. The predicted molar refractivity (Wildman–Crippen MR) is 92.4 cm³/mol. The number of non-ortho nitro benzene ring substituents is 1. The van der Waals surface area contributed by atoms with Gasteiger partial charge in [0.1, 0.15) is 0 Å². The highest BCUT2D eigenvalue weighted by Gasteiger charge is 2.23. The molecule has 124 valence electrons. The Morgan fingerprint density at radius 3 is 2.88 bits per heavy atom. The molecule has 1 aliphatic heterocycles. The first-order valence-corrected chi connectivity index (χ1v) is 7.93. The van der Waals surface area contributed by atoms with Gasteiger partial charge in [-0.05, 0) is 31.0 Å². The van der Waals surface area contributed by atoms with Gasteiger partial charge in [0.05, 0.1) is 4.92 Å². The van der Waals surface area contributed by atoms with E-state index in [2.05, 4.69) is 29.3 Å². The van der Waals surface area contributed by atoms with Gasteiger partial charge < -0.3 is 10.2 Å². The lowest BCUT2D eigenvalue weighted by Gasteiger charge is -2.27. The largest absolute Gasteiger partial charge is 0.366 e. The number of amides is 1. The van der Waals surface area contributed by atoms with Crippen LogP contribution in [-0.4, -0.2) is 30.0 Å². The van der Waals surface area contributed by atoms with Crippen molar-refractivity contribution in [3.05, 3.63) is 69.8 Å². The fourth-order valence-corrected chi connectivity index (χ4v) is 3.03. The SMILES string of the molecule is C[C@H](CNC(=O)c1cccc([N+](=O)[O-])c1)N1CCc2ccccc21. The second-order valence-electron chi connectivity index (χ2n) is 5.94. The quantitative estimate of drug-likeness (QED) is 0.677. The van der Waals surface area contributed by atoms with Crippen molar-refractivity contribution in [2.24, 2.45) is 0 Å². The molecule has 2 aromatic rings. The van der Waals surface area contributed by atoms with E-state index in [0.717, 1.165) is 13.0 Å². The molecule has 1 aliphatic rings. The first-order chi connectivity index (χ1) is 11.6. The van der Waals surface area contributed by atoms with E-state index >= 15 is 0 Å². The molecule has 1 heterocycles. The zero-order valence-electron chi connectivity index (χ0n) is 13.4. The number of rotatable bonds is 5. The molecule has 0 bridgehead atoms. The second kappa shape index (κ2) is 6.70. The molecule has 3 rings (SSSR count). The molecule has 1 amide bonds. The van der Waals surface area contributed by atoms with E-state index in [1.54, 1.807) is 6.07 Å². The first kappa shape index (κ1) is 16.0. The topological polar surface area (TPSA) is 75.5 Å². The number of nitrogens with zero attached hydrogens (tertiary/aromatic N) is 2. The maximum absolute atomic E-state index is 12.2.